The highest BCUT2D eigenvalue weighted by Gasteiger charge is 2.48. The molecule has 1 aromatic heterocycles. The number of halogens is 2. The fourth-order valence-corrected chi connectivity index (χ4v) is 6.45. The van der Waals surface area contributed by atoms with E-state index in [0.29, 0.717) is 50.9 Å². The van der Waals surface area contributed by atoms with Gasteiger partial charge in [-0.15, -0.1) is 0 Å². The number of fused-ring (bicyclic) bond motifs is 3. The number of thioether (sulfide) groups is 2. The van der Waals surface area contributed by atoms with Gasteiger partial charge in [0.1, 0.15) is 17.9 Å². The molecule has 2 fully saturated rings. The second-order valence-corrected chi connectivity index (χ2v) is 14.4. The van der Waals surface area contributed by atoms with E-state index in [1.807, 2.05) is 31.1 Å². The van der Waals surface area contributed by atoms with Crippen LogP contribution in [0.3, 0.4) is 0 Å². The van der Waals surface area contributed by atoms with Crippen LogP contribution < -0.4 is 15.0 Å². The number of carbonyl (C=O) groups is 2. The first kappa shape index (κ1) is 40.7. The number of aromatic nitrogens is 2. The Hall–Kier alpha value is -4.46. The van der Waals surface area contributed by atoms with Crippen LogP contribution in [0.1, 0.15) is 43.6 Å². The Kier molecular flexibility index (Phi) is 14.1. The summed E-state index contributed by atoms with van der Waals surface area (Å²) in [5.74, 6) is -3.86. The first-order valence-corrected chi connectivity index (χ1v) is 20.4. The quantitative estimate of drug-likeness (QED) is 0.193. The first-order valence-electron chi connectivity index (χ1n) is 17.2. The van der Waals surface area contributed by atoms with Gasteiger partial charge in [-0.2, -0.15) is 42.7 Å². The van der Waals surface area contributed by atoms with Gasteiger partial charge in [-0.3, -0.25) is 19.2 Å². The van der Waals surface area contributed by atoms with Gasteiger partial charge < -0.3 is 24.4 Å². The van der Waals surface area contributed by atoms with Gasteiger partial charge in [-0.1, -0.05) is 42.5 Å². The third-order valence-electron chi connectivity index (χ3n) is 9.04. The van der Waals surface area contributed by atoms with Gasteiger partial charge in [0.05, 0.1) is 56.5 Å². The van der Waals surface area contributed by atoms with Crippen molar-refractivity contribution in [1.29, 1.82) is 5.26 Å². The van der Waals surface area contributed by atoms with Gasteiger partial charge in [-0.05, 0) is 55.4 Å². The molecule has 0 bridgehead atoms. The SMILES string of the molecule is COc1ccc(C(=O)Nc2cnn3c2C(=O)N(c2ccc(C(F)(F)c4ccccc4)cc2)[C@H]2CN(CCOC4COC4)C[C@@H]23)cc1C#N.CSC.CSC. The highest BCUT2D eigenvalue weighted by molar-refractivity contribution is 7.98. The third kappa shape index (κ3) is 8.90. The largest absolute Gasteiger partial charge is 0.495 e. The maximum Gasteiger partial charge on any atom is 0.298 e. The summed E-state index contributed by atoms with van der Waals surface area (Å²) >= 11 is 3.50. The van der Waals surface area contributed by atoms with E-state index in [-0.39, 0.29) is 51.8 Å². The van der Waals surface area contributed by atoms with Crippen LogP contribution in [0.5, 0.6) is 5.75 Å². The zero-order valence-corrected chi connectivity index (χ0v) is 32.5. The molecule has 4 aromatic rings. The Balaban J connectivity index is 0.000000878. The molecular formula is C39H44F2N6O5S2. The van der Waals surface area contributed by atoms with Crippen molar-refractivity contribution in [1.82, 2.24) is 14.7 Å². The van der Waals surface area contributed by atoms with Crippen LogP contribution >= 0.6 is 23.5 Å². The maximum absolute atomic E-state index is 15.4. The minimum absolute atomic E-state index is 0.0827. The fourth-order valence-electron chi connectivity index (χ4n) is 6.45. The van der Waals surface area contributed by atoms with Gasteiger partial charge in [0.2, 0.25) is 0 Å². The molecule has 3 aliphatic heterocycles. The van der Waals surface area contributed by atoms with Crippen LogP contribution in [0.4, 0.5) is 20.2 Å². The molecule has 0 spiro atoms. The number of hydrogen-bond acceptors (Lipinski definition) is 10. The third-order valence-corrected chi connectivity index (χ3v) is 9.04. The number of alkyl halides is 2. The second-order valence-electron chi connectivity index (χ2n) is 12.7. The van der Waals surface area contributed by atoms with Crippen molar-refractivity contribution in [2.75, 3.05) is 81.8 Å². The molecule has 2 atom stereocenters. The molecule has 3 aliphatic rings. The van der Waals surface area contributed by atoms with Crippen LogP contribution in [0.2, 0.25) is 0 Å². The average Bonchev–Trinajstić information content (AvgIpc) is 3.78. The summed E-state index contributed by atoms with van der Waals surface area (Å²) < 4.78 is 48.7. The van der Waals surface area contributed by atoms with Crippen molar-refractivity contribution in [3.05, 3.63) is 107 Å². The number of rotatable bonds is 10. The first-order chi connectivity index (χ1) is 26.1. The summed E-state index contributed by atoms with van der Waals surface area (Å²) in [5, 5.41) is 16.8. The van der Waals surface area contributed by atoms with E-state index in [2.05, 4.69) is 15.3 Å². The summed E-state index contributed by atoms with van der Waals surface area (Å²) in [4.78, 5) is 31.5. The highest BCUT2D eigenvalue weighted by atomic mass is 32.2. The van der Waals surface area contributed by atoms with E-state index in [0.717, 1.165) is 0 Å². The van der Waals surface area contributed by atoms with Gasteiger partial charge >= 0.3 is 0 Å². The minimum Gasteiger partial charge on any atom is -0.495 e. The van der Waals surface area contributed by atoms with Crippen molar-refractivity contribution in [2.45, 2.75) is 24.1 Å². The maximum atomic E-state index is 15.4. The van der Waals surface area contributed by atoms with Crippen LogP contribution in [-0.4, -0.2) is 110 Å². The van der Waals surface area contributed by atoms with Crippen LogP contribution in [0, 0.1) is 11.3 Å². The van der Waals surface area contributed by atoms with E-state index in [1.165, 1.54) is 67.9 Å². The molecule has 2 saturated heterocycles. The predicted molar refractivity (Wildman–Crippen MR) is 209 cm³/mol. The van der Waals surface area contributed by atoms with Crippen molar-refractivity contribution < 1.29 is 32.6 Å². The van der Waals surface area contributed by atoms with Crippen molar-refractivity contribution >= 4 is 46.7 Å². The summed E-state index contributed by atoms with van der Waals surface area (Å²) in [6.07, 6.45) is 9.69. The van der Waals surface area contributed by atoms with Gasteiger partial charge in [0.25, 0.3) is 17.7 Å². The lowest BCUT2D eigenvalue weighted by Gasteiger charge is -2.37. The normalized spacial score (nSPS) is 17.8. The molecule has 2 amide bonds. The number of nitrogens with one attached hydrogen (secondary N) is 1. The Labute approximate surface area is 322 Å². The number of methoxy groups -OCH3 is 1. The van der Waals surface area contributed by atoms with E-state index < -0.39 is 17.7 Å². The van der Waals surface area contributed by atoms with Crippen molar-refractivity contribution in [3.8, 4) is 11.8 Å². The molecule has 54 heavy (non-hydrogen) atoms. The number of anilines is 2. The molecule has 15 heteroatoms. The Bertz CT molecular complexity index is 1920. The fraction of sp³-hybridized carbons (Fsp3) is 0.385. The Morgan fingerprint density at radius 2 is 1.65 bits per heavy atom. The van der Waals surface area contributed by atoms with E-state index >= 15 is 8.78 Å². The van der Waals surface area contributed by atoms with Gasteiger partial charge in [-0.25, -0.2) is 0 Å². The zero-order valence-electron chi connectivity index (χ0n) is 30.8. The lowest BCUT2D eigenvalue weighted by atomic mass is 9.99. The molecule has 11 nitrogen and oxygen atoms in total. The monoisotopic (exact) mass is 778 g/mol. The highest BCUT2D eigenvalue weighted by Crippen LogP contribution is 2.41. The average molecular weight is 779 g/mol. The smallest absolute Gasteiger partial charge is 0.298 e. The molecule has 4 heterocycles. The second kappa shape index (κ2) is 18.7. The molecule has 0 unspecified atom stereocenters. The topological polar surface area (TPSA) is 122 Å². The summed E-state index contributed by atoms with van der Waals surface area (Å²) in [6, 6.07) is 19.2. The Morgan fingerprint density at radius 3 is 2.26 bits per heavy atom. The van der Waals surface area contributed by atoms with Crippen molar-refractivity contribution in [2.24, 2.45) is 0 Å². The number of hydrogen-bond donors (Lipinski definition) is 1. The number of nitriles is 1. The summed E-state index contributed by atoms with van der Waals surface area (Å²) in [6.45, 7) is 3.32. The van der Waals surface area contributed by atoms with Gasteiger partial charge in [0.15, 0.2) is 5.69 Å². The van der Waals surface area contributed by atoms with Crippen LogP contribution in [0.15, 0.2) is 79.0 Å². The minimum atomic E-state index is -3.23. The summed E-state index contributed by atoms with van der Waals surface area (Å²) in [5.41, 5.74) is 0.877. The molecule has 0 aliphatic carbocycles. The number of ether oxygens (including phenoxy) is 3. The van der Waals surface area contributed by atoms with Crippen LogP contribution in [-0.2, 0) is 15.4 Å². The van der Waals surface area contributed by atoms with Gasteiger partial charge in [0, 0.05) is 42.0 Å². The molecule has 0 saturated carbocycles. The number of nitrogens with zero attached hydrogens (tertiary/aromatic N) is 5. The summed E-state index contributed by atoms with van der Waals surface area (Å²) in [7, 11) is 1.43. The van der Waals surface area contributed by atoms with E-state index in [4.69, 9.17) is 14.2 Å². The van der Waals surface area contributed by atoms with E-state index in [1.54, 1.807) is 51.3 Å². The molecule has 1 N–H and O–H groups in total. The standard InChI is InChI=1S/C35H32F2N6O5.2C2H6S/c1-46-31-12-7-22(15-23(31)16-38)33(44)40-28-17-39-43-30-19-41(13-14-48-27-20-47-21-27)18-29(30)42(34(45)32(28)43)26-10-8-25(9-11-26)35(36,37)24-5-3-2-4-6-24;2*1-3-2/h2-12,15,17,27,29-30H,13-14,18-21H2,1H3,(H,40,44);2*1-2H3/t29-,30-;;/m0../s1. The number of benzene rings is 3. The Morgan fingerprint density at radius 1 is 1.00 bits per heavy atom. The van der Waals surface area contributed by atoms with Crippen molar-refractivity contribution in [3.63, 3.8) is 0 Å². The molecule has 3 aromatic carbocycles. The zero-order chi connectivity index (χ0) is 38.8. The van der Waals surface area contributed by atoms with E-state index in [9.17, 15) is 14.9 Å². The number of likely N-dealkylation sites (tertiary alicyclic amines) is 1. The molecule has 286 valence electrons. The number of amides is 2. The lowest BCUT2D eigenvalue weighted by molar-refractivity contribution is -0.131. The molecule has 0 radical (unpaired) electrons. The number of carbonyl (C=O) groups excluding carboxylic acids is 2. The lowest BCUT2D eigenvalue weighted by Crippen LogP contribution is -2.51. The van der Waals surface area contributed by atoms with Crippen LogP contribution in [0.25, 0.3) is 0 Å². The molecular weight excluding hydrogens is 735 g/mol. The molecule has 7 rings (SSSR count). The predicted octanol–water partition coefficient (Wildman–Crippen LogP) is 6.42.